The maximum absolute atomic E-state index is 6.70. The largest absolute Gasteiger partial charge is 0.546 e. The fourth-order valence-electron chi connectivity index (χ4n) is 3.25. The van der Waals surface area contributed by atoms with Crippen LogP contribution in [0.5, 0.6) is 0 Å². The molecule has 2 rings (SSSR count). The fourth-order valence-corrected chi connectivity index (χ4v) is 5.17. The van der Waals surface area contributed by atoms with E-state index in [1.54, 1.807) is 0 Å². The molecule has 0 bridgehead atoms. The van der Waals surface area contributed by atoms with Crippen LogP contribution in [0, 0.1) is 0 Å². The number of hydrogen-bond donors (Lipinski definition) is 0. The highest BCUT2D eigenvalue weighted by atomic mass is 28.4. The quantitative estimate of drug-likeness (QED) is 0.557. The summed E-state index contributed by atoms with van der Waals surface area (Å²) in [6, 6.07) is 8.72. The molecule has 1 atom stereocenters. The van der Waals surface area contributed by atoms with Crippen molar-refractivity contribution >= 4 is 14.4 Å². The minimum Gasteiger partial charge on any atom is -0.546 e. The highest BCUT2D eigenvalue weighted by Gasteiger charge is 2.43. The number of hydrogen-bond acceptors (Lipinski definition) is 1. The van der Waals surface area contributed by atoms with Crippen molar-refractivity contribution in [3.8, 4) is 0 Å². The zero-order valence-corrected chi connectivity index (χ0v) is 15.5. The number of rotatable bonds is 6. The third-order valence-corrected chi connectivity index (χ3v) is 9.55. The lowest BCUT2D eigenvalue weighted by atomic mass is 9.98. The summed E-state index contributed by atoms with van der Waals surface area (Å²) in [7, 11) is -1.78. The Morgan fingerprint density at radius 1 is 1.14 bits per heavy atom. The predicted octanol–water partition coefficient (Wildman–Crippen LogP) is 6.34. The summed E-state index contributed by atoms with van der Waals surface area (Å²) in [5.41, 5.74) is 2.78. The molecule has 1 aromatic carbocycles. The molecule has 0 saturated carbocycles. The molecule has 21 heavy (non-hydrogen) atoms. The van der Waals surface area contributed by atoms with Gasteiger partial charge in [0.25, 0.3) is 0 Å². The van der Waals surface area contributed by atoms with Gasteiger partial charge in [-0.25, -0.2) is 0 Å². The molecule has 0 aromatic heterocycles. The van der Waals surface area contributed by atoms with Gasteiger partial charge >= 0.3 is 0 Å². The fraction of sp³-hybridized carbons (Fsp3) is 0.579. The lowest BCUT2D eigenvalue weighted by Crippen LogP contribution is -2.42. The van der Waals surface area contributed by atoms with Crippen LogP contribution in [0.2, 0.25) is 18.1 Å². The van der Waals surface area contributed by atoms with Crippen molar-refractivity contribution in [2.24, 2.45) is 0 Å². The summed E-state index contributed by atoms with van der Waals surface area (Å²) in [6.07, 6.45) is 5.86. The van der Waals surface area contributed by atoms with E-state index < -0.39 is 8.32 Å². The SMILES string of the molecule is CCCC(C)(C)[Si](C)(C)OC1=Cc2ccccc2C1CC. The number of benzene rings is 1. The van der Waals surface area contributed by atoms with E-state index in [0.29, 0.717) is 11.0 Å². The molecule has 1 unspecified atom stereocenters. The van der Waals surface area contributed by atoms with Crippen molar-refractivity contribution in [2.75, 3.05) is 0 Å². The Bertz CT molecular complexity index is 528. The van der Waals surface area contributed by atoms with Gasteiger partial charge in [0.05, 0.1) is 5.76 Å². The van der Waals surface area contributed by atoms with Crippen LogP contribution in [0.4, 0.5) is 0 Å². The summed E-state index contributed by atoms with van der Waals surface area (Å²) in [5.74, 6) is 1.66. The van der Waals surface area contributed by atoms with Crippen molar-refractivity contribution in [2.45, 2.75) is 71.0 Å². The summed E-state index contributed by atoms with van der Waals surface area (Å²) in [4.78, 5) is 0. The normalized spacial score (nSPS) is 18.4. The second kappa shape index (κ2) is 6.00. The molecule has 2 heteroatoms. The van der Waals surface area contributed by atoms with Crippen LogP contribution in [0.25, 0.3) is 6.08 Å². The highest BCUT2D eigenvalue weighted by Crippen LogP contribution is 2.47. The maximum Gasteiger partial charge on any atom is 0.250 e. The first-order chi connectivity index (χ1) is 9.82. The Morgan fingerprint density at radius 2 is 1.81 bits per heavy atom. The van der Waals surface area contributed by atoms with E-state index >= 15 is 0 Å². The van der Waals surface area contributed by atoms with Crippen LogP contribution in [0.3, 0.4) is 0 Å². The topological polar surface area (TPSA) is 9.23 Å². The van der Waals surface area contributed by atoms with Gasteiger partial charge in [-0.1, -0.05) is 58.4 Å². The van der Waals surface area contributed by atoms with Gasteiger partial charge in [0, 0.05) is 5.92 Å². The lowest BCUT2D eigenvalue weighted by molar-refractivity contribution is 0.343. The van der Waals surface area contributed by atoms with E-state index in [1.807, 2.05) is 0 Å². The molecule has 0 spiro atoms. The molecule has 116 valence electrons. The third-order valence-electron chi connectivity index (χ3n) is 5.30. The Hall–Kier alpha value is -1.02. The van der Waals surface area contributed by atoms with Crippen LogP contribution in [0.1, 0.15) is 64.0 Å². The molecule has 1 aliphatic rings. The zero-order chi connectivity index (χ0) is 15.7. The van der Waals surface area contributed by atoms with Crippen LogP contribution < -0.4 is 0 Å². The molecular formula is C19H30OSi. The molecule has 0 N–H and O–H groups in total. The zero-order valence-electron chi connectivity index (χ0n) is 14.5. The molecule has 0 fully saturated rings. The molecule has 0 heterocycles. The van der Waals surface area contributed by atoms with Crippen molar-refractivity contribution in [1.82, 2.24) is 0 Å². The van der Waals surface area contributed by atoms with Crippen LogP contribution in [0.15, 0.2) is 30.0 Å². The predicted molar refractivity (Wildman–Crippen MR) is 95.0 cm³/mol. The Kier molecular flexibility index (Phi) is 4.67. The Morgan fingerprint density at radius 3 is 2.43 bits per heavy atom. The Labute approximate surface area is 131 Å². The van der Waals surface area contributed by atoms with Gasteiger partial charge in [0.15, 0.2) is 0 Å². The van der Waals surface area contributed by atoms with E-state index in [0.717, 1.165) is 6.42 Å². The average molecular weight is 303 g/mol. The number of fused-ring (bicyclic) bond motifs is 1. The van der Waals surface area contributed by atoms with E-state index in [1.165, 1.54) is 29.7 Å². The number of allylic oxidation sites excluding steroid dienone is 1. The molecule has 0 amide bonds. The lowest BCUT2D eigenvalue weighted by Gasteiger charge is -2.40. The molecule has 1 aromatic rings. The molecule has 0 saturated heterocycles. The molecule has 1 aliphatic carbocycles. The Balaban J connectivity index is 2.24. The molecule has 0 aliphatic heterocycles. The van der Waals surface area contributed by atoms with Crippen molar-refractivity contribution in [3.05, 3.63) is 41.2 Å². The van der Waals surface area contributed by atoms with Crippen LogP contribution in [-0.2, 0) is 4.43 Å². The first-order valence-corrected chi connectivity index (χ1v) is 11.2. The second-order valence-corrected chi connectivity index (χ2v) is 12.0. The highest BCUT2D eigenvalue weighted by molar-refractivity contribution is 6.74. The van der Waals surface area contributed by atoms with E-state index in [-0.39, 0.29) is 0 Å². The summed E-state index contributed by atoms with van der Waals surface area (Å²) in [6.45, 7) is 14.0. The maximum atomic E-state index is 6.70. The third kappa shape index (κ3) is 3.10. The van der Waals surface area contributed by atoms with Crippen LogP contribution >= 0.6 is 0 Å². The van der Waals surface area contributed by atoms with Gasteiger partial charge in [-0.2, -0.15) is 0 Å². The minimum absolute atomic E-state index is 0.301. The summed E-state index contributed by atoms with van der Waals surface area (Å²) >= 11 is 0. The van der Waals surface area contributed by atoms with E-state index in [9.17, 15) is 0 Å². The molecular weight excluding hydrogens is 272 g/mol. The monoisotopic (exact) mass is 302 g/mol. The van der Waals surface area contributed by atoms with Gasteiger partial charge < -0.3 is 4.43 Å². The summed E-state index contributed by atoms with van der Waals surface area (Å²) in [5, 5.41) is 0.301. The van der Waals surface area contributed by atoms with E-state index in [2.05, 4.69) is 71.1 Å². The van der Waals surface area contributed by atoms with E-state index in [4.69, 9.17) is 4.43 Å². The minimum atomic E-state index is -1.78. The standard InChI is InChI=1S/C19H30OSi/c1-7-13-19(3,4)21(5,6)20-18-14-15-11-9-10-12-17(15)16(18)8-2/h9-12,14,16H,7-8,13H2,1-6H3. The molecule has 1 nitrogen and oxygen atoms in total. The van der Waals surface area contributed by atoms with Gasteiger partial charge in [0.1, 0.15) is 0 Å². The van der Waals surface area contributed by atoms with Crippen molar-refractivity contribution in [3.63, 3.8) is 0 Å². The van der Waals surface area contributed by atoms with Gasteiger partial charge in [-0.3, -0.25) is 0 Å². The first-order valence-electron chi connectivity index (χ1n) is 8.32. The average Bonchev–Trinajstić information content (AvgIpc) is 2.74. The van der Waals surface area contributed by atoms with Gasteiger partial charge in [-0.05, 0) is 48.2 Å². The van der Waals surface area contributed by atoms with Gasteiger partial charge in [0.2, 0.25) is 8.32 Å². The first kappa shape index (κ1) is 16.3. The summed E-state index contributed by atoms with van der Waals surface area (Å²) < 4.78 is 6.70. The van der Waals surface area contributed by atoms with Crippen molar-refractivity contribution < 1.29 is 4.43 Å². The van der Waals surface area contributed by atoms with Crippen LogP contribution in [-0.4, -0.2) is 8.32 Å². The van der Waals surface area contributed by atoms with Crippen molar-refractivity contribution in [1.29, 1.82) is 0 Å². The second-order valence-electron chi connectivity index (χ2n) is 7.38. The molecule has 0 radical (unpaired) electrons. The smallest absolute Gasteiger partial charge is 0.250 e. The van der Waals surface area contributed by atoms with Gasteiger partial charge in [-0.15, -0.1) is 0 Å².